The number of carbonyl (C=O) groups excluding carboxylic acids is 2. The van der Waals surface area contributed by atoms with Crippen LogP contribution in [0.5, 0.6) is 0 Å². The van der Waals surface area contributed by atoms with E-state index in [0.29, 0.717) is 31.6 Å². The normalized spacial score (nSPS) is 29.8. The van der Waals surface area contributed by atoms with Crippen molar-refractivity contribution >= 4 is 11.8 Å². The van der Waals surface area contributed by atoms with Gasteiger partial charge in [0, 0.05) is 18.5 Å². The smallest absolute Gasteiger partial charge is 0.254 e. The van der Waals surface area contributed by atoms with Crippen LogP contribution in [0.15, 0.2) is 60.7 Å². The van der Waals surface area contributed by atoms with E-state index in [2.05, 4.69) is 0 Å². The van der Waals surface area contributed by atoms with Crippen molar-refractivity contribution in [2.75, 3.05) is 13.2 Å². The number of amides is 2. The second kappa shape index (κ2) is 5.68. The molecule has 0 saturated carbocycles. The van der Waals surface area contributed by atoms with Gasteiger partial charge < -0.3 is 14.5 Å². The Labute approximate surface area is 152 Å². The molecule has 2 aromatic rings. The number of ether oxygens (including phenoxy) is 1. The molecule has 1 spiro atoms. The first-order chi connectivity index (χ1) is 12.7. The Morgan fingerprint density at radius 3 is 2.46 bits per heavy atom. The summed E-state index contributed by atoms with van der Waals surface area (Å²) in [5.41, 5.74) is 1.08. The van der Waals surface area contributed by atoms with Crippen molar-refractivity contribution in [2.45, 2.75) is 30.7 Å². The Hall–Kier alpha value is -2.66. The van der Waals surface area contributed by atoms with Crippen molar-refractivity contribution in [1.82, 2.24) is 9.80 Å². The molecule has 2 amide bonds. The zero-order valence-electron chi connectivity index (χ0n) is 14.4. The SMILES string of the molecule is O=C(c1ccccc1)N1CC[C@@]23OC[C@@H](c4ccccc4)N2C(=O)C[C@@H]13. The van der Waals surface area contributed by atoms with Gasteiger partial charge in [-0.2, -0.15) is 0 Å². The zero-order chi connectivity index (χ0) is 17.7. The van der Waals surface area contributed by atoms with E-state index in [1.54, 1.807) is 0 Å². The molecule has 0 N–H and O–H groups in total. The molecule has 3 aliphatic heterocycles. The van der Waals surface area contributed by atoms with Gasteiger partial charge in [-0.3, -0.25) is 9.59 Å². The molecule has 2 aromatic carbocycles. The average Bonchev–Trinajstić information content (AvgIpc) is 3.32. The van der Waals surface area contributed by atoms with Crippen LogP contribution in [0.25, 0.3) is 0 Å². The van der Waals surface area contributed by atoms with Gasteiger partial charge in [0.25, 0.3) is 5.91 Å². The van der Waals surface area contributed by atoms with Crippen LogP contribution in [0.3, 0.4) is 0 Å². The van der Waals surface area contributed by atoms with Crippen LogP contribution >= 0.6 is 0 Å². The molecule has 3 aliphatic rings. The molecular weight excluding hydrogens is 328 g/mol. The maximum Gasteiger partial charge on any atom is 0.254 e. The highest BCUT2D eigenvalue weighted by Gasteiger charge is 2.65. The first-order valence-corrected chi connectivity index (χ1v) is 9.08. The largest absolute Gasteiger partial charge is 0.351 e. The predicted molar refractivity (Wildman–Crippen MR) is 95.2 cm³/mol. The van der Waals surface area contributed by atoms with E-state index in [1.807, 2.05) is 70.5 Å². The van der Waals surface area contributed by atoms with Gasteiger partial charge in [-0.25, -0.2) is 0 Å². The predicted octanol–water partition coefficient (Wildman–Crippen LogP) is 2.60. The van der Waals surface area contributed by atoms with Crippen molar-refractivity contribution in [3.63, 3.8) is 0 Å². The summed E-state index contributed by atoms with van der Waals surface area (Å²) in [7, 11) is 0. The third-order valence-electron chi connectivity index (χ3n) is 5.92. The monoisotopic (exact) mass is 348 g/mol. The van der Waals surface area contributed by atoms with Crippen molar-refractivity contribution in [2.24, 2.45) is 0 Å². The van der Waals surface area contributed by atoms with E-state index in [1.165, 1.54) is 0 Å². The standard InChI is InChI=1S/C21H20N2O3/c24-19-13-18-21(11-12-22(18)20(25)16-9-5-2-6-10-16)23(19)17(14-26-21)15-7-3-1-4-8-15/h1-10,17-18H,11-14H2/t17-,18+,21-/m0/s1. The van der Waals surface area contributed by atoms with E-state index in [0.717, 1.165) is 5.56 Å². The van der Waals surface area contributed by atoms with Crippen LogP contribution < -0.4 is 0 Å². The Morgan fingerprint density at radius 1 is 1.04 bits per heavy atom. The molecule has 5 nitrogen and oxygen atoms in total. The first kappa shape index (κ1) is 15.6. The van der Waals surface area contributed by atoms with E-state index in [9.17, 15) is 9.59 Å². The molecule has 132 valence electrons. The zero-order valence-corrected chi connectivity index (χ0v) is 14.4. The molecule has 3 atom stereocenters. The Balaban J connectivity index is 1.47. The van der Waals surface area contributed by atoms with Crippen LogP contribution in [0, 0.1) is 0 Å². The molecule has 3 heterocycles. The van der Waals surface area contributed by atoms with Gasteiger partial charge in [-0.15, -0.1) is 0 Å². The van der Waals surface area contributed by atoms with Gasteiger partial charge in [-0.1, -0.05) is 48.5 Å². The van der Waals surface area contributed by atoms with Crippen molar-refractivity contribution in [3.8, 4) is 0 Å². The van der Waals surface area contributed by atoms with Gasteiger partial charge in [0.1, 0.15) is 0 Å². The van der Waals surface area contributed by atoms with Gasteiger partial charge in [0.05, 0.1) is 25.1 Å². The fourth-order valence-electron chi connectivity index (χ4n) is 4.76. The molecule has 3 fully saturated rings. The lowest BCUT2D eigenvalue weighted by molar-refractivity contribution is -0.138. The van der Waals surface area contributed by atoms with Gasteiger partial charge in [0.2, 0.25) is 5.91 Å². The molecule has 3 saturated heterocycles. The van der Waals surface area contributed by atoms with Gasteiger partial charge >= 0.3 is 0 Å². The summed E-state index contributed by atoms with van der Waals surface area (Å²) in [6.45, 7) is 1.10. The topological polar surface area (TPSA) is 49.9 Å². The number of benzene rings is 2. The number of likely N-dealkylation sites (tertiary alicyclic amines) is 1. The van der Waals surface area contributed by atoms with Crippen LogP contribution in [0.1, 0.15) is 34.8 Å². The maximum atomic E-state index is 13.0. The van der Waals surface area contributed by atoms with Crippen molar-refractivity contribution < 1.29 is 14.3 Å². The number of rotatable bonds is 2. The van der Waals surface area contributed by atoms with Crippen LogP contribution in [0.4, 0.5) is 0 Å². The summed E-state index contributed by atoms with van der Waals surface area (Å²) in [4.78, 5) is 29.6. The molecule has 0 bridgehead atoms. The van der Waals surface area contributed by atoms with E-state index >= 15 is 0 Å². The lowest BCUT2D eigenvalue weighted by Crippen LogP contribution is -2.49. The van der Waals surface area contributed by atoms with Gasteiger partial charge in [0.15, 0.2) is 5.72 Å². The fraction of sp³-hybridized carbons (Fsp3) is 0.333. The lowest BCUT2D eigenvalue weighted by atomic mass is 10.0. The molecule has 0 unspecified atom stereocenters. The first-order valence-electron chi connectivity index (χ1n) is 9.08. The minimum atomic E-state index is -0.665. The summed E-state index contributed by atoms with van der Waals surface area (Å²) >= 11 is 0. The quantitative estimate of drug-likeness (QED) is 0.838. The number of hydrogen-bond donors (Lipinski definition) is 0. The molecule has 5 rings (SSSR count). The molecule has 5 heteroatoms. The summed E-state index contributed by atoms with van der Waals surface area (Å²) < 4.78 is 6.25. The van der Waals surface area contributed by atoms with Crippen LogP contribution in [-0.4, -0.2) is 46.5 Å². The summed E-state index contributed by atoms with van der Waals surface area (Å²) in [5, 5.41) is 0. The van der Waals surface area contributed by atoms with Gasteiger partial charge in [-0.05, 0) is 17.7 Å². The maximum absolute atomic E-state index is 13.0. The highest BCUT2D eigenvalue weighted by Crippen LogP contribution is 2.51. The minimum Gasteiger partial charge on any atom is -0.351 e. The molecule has 0 aliphatic carbocycles. The third kappa shape index (κ3) is 2.07. The van der Waals surface area contributed by atoms with Crippen LogP contribution in [0.2, 0.25) is 0 Å². The number of carbonyl (C=O) groups is 2. The van der Waals surface area contributed by atoms with E-state index in [-0.39, 0.29) is 23.9 Å². The van der Waals surface area contributed by atoms with Crippen molar-refractivity contribution in [1.29, 1.82) is 0 Å². The van der Waals surface area contributed by atoms with E-state index < -0.39 is 5.72 Å². The minimum absolute atomic E-state index is 0.0195. The Kier molecular flexibility index (Phi) is 3.40. The van der Waals surface area contributed by atoms with E-state index in [4.69, 9.17) is 4.74 Å². The number of hydrogen-bond acceptors (Lipinski definition) is 3. The lowest BCUT2D eigenvalue weighted by Gasteiger charge is -2.33. The molecular formula is C21H20N2O3. The Bertz CT molecular complexity index is 854. The van der Waals surface area contributed by atoms with Crippen molar-refractivity contribution in [3.05, 3.63) is 71.8 Å². The van der Waals surface area contributed by atoms with Crippen LogP contribution in [-0.2, 0) is 9.53 Å². The Morgan fingerprint density at radius 2 is 1.73 bits per heavy atom. The fourth-order valence-corrected chi connectivity index (χ4v) is 4.76. The molecule has 0 aromatic heterocycles. The molecule has 26 heavy (non-hydrogen) atoms. The number of nitrogens with zero attached hydrogens (tertiary/aromatic N) is 2. The second-order valence-electron chi connectivity index (χ2n) is 7.18. The third-order valence-corrected chi connectivity index (χ3v) is 5.92. The molecule has 0 radical (unpaired) electrons. The second-order valence-corrected chi connectivity index (χ2v) is 7.18. The summed E-state index contributed by atoms with van der Waals surface area (Å²) in [6, 6.07) is 19.0. The summed E-state index contributed by atoms with van der Waals surface area (Å²) in [5.74, 6) is 0.0563. The highest BCUT2D eigenvalue weighted by molar-refractivity contribution is 5.95. The highest BCUT2D eigenvalue weighted by atomic mass is 16.5. The average molecular weight is 348 g/mol. The summed E-state index contributed by atoms with van der Waals surface area (Å²) in [6.07, 6.45) is 1.01.